The van der Waals surface area contributed by atoms with Crippen molar-refractivity contribution in [2.24, 2.45) is 0 Å². The van der Waals surface area contributed by atoms with E-state index in [0.29, 0.717) is 9.26 Å². The smallest absolute Gasteiger partial charge is 0.416 e. The van der Waals surface area contributed by atoms with Gasteiger partial charge in [0.15, 0.2) is 6.23 Å². The Morgan fingerprint density at radius 2 is 2.33 bits per heavy atom. The van der Waals surface area contributed by atoms with Gasteiger partial charge in [-0.05, 0) is 40.8 Å². The van der Waals surface area contributed by atoms with Gasteiger partial charge < -0.3 is 10.1 Å². The van der Waals surface area contributed by atoms with Crippen LogP contribution in [0.5, 0.6) is 0 Å². The van der Waals surface area contributed by atoms with Crippen LogP contribution in [0.4, 0.5) is 14.9 Å². The number of carbonyl (C=O) groups is 2. The maximum absolute atomic E-state index is 13.4. The lowest BCUT2D eigenvalue weighted by atomic mass is 10.3. The number of ether oxygens (including phenoxy) is 1. The fourth-order valence-corrected chi connectivity index (χ4v) is 1.96. The second kappa shape index (κ2) is 5.09. The molecule has 1 aromatic rings. The fourth-order valence-electron chi connectivity index (χ4n) is 1.63. The predicted molar refractivity (Wildman–Crippen MR) is 70.5 cm³/mol. The summed E-state index contributed by atoms with van der Waals surface area (Å²) >= 11 is 1.86. The maximum Gasteiger partial charge on any atom is 0.416 e. The van der Waals surface area contributed by atoms with Gasteiger partial charge in [0.05, 0.1) is 12.2 Å². The van der Waals surface area contributed by atoms with Crippen LogP contribution in [0.25, 0.3) is 0 Å². The zero-order valence-corrected chi connectivity index (χ0v) is 11.6. The Balaban J connectivity index is 2.16. The van der Waals surface area contributed by atoms with Gasteiger partial charge in [0.1, 0.15) is 5.82 Å². The highest BCUT2D eigenvalue weighted by atomic mass is 127. The lowest BCUT2D eigenvalue weighted by molar-refractivity contribution is -0.121. The van der Waals surface area contributed by atoms with E-state index in [0.717, 1.165) is 0 Å². The van der Waals surface area contributed by atoms with Crippen molar-refractivity contribution in [3.05, 3.63) is 27.6 Å². The van der Waals surface area contributed by atoms with Crippen molar-refractivity contribution in [2.45, 2.75) is 13.2 Å². The Bertz CT molecular complexity index is 509. The fraction of sp³-hybridized carbons (Fsp3) is 0.273. The van der Waals surface area contributed by atoms with E-state index < -0.39 is 18.1 Å². The van der Waals surface area contributed by atoms with Crippen LogP contribution in [0.1, 0.15) is 6.92 Å². The number of hydrogen-bond donors (Lipinski definition) is 1. The van der Waals surface area contributed by atoms with Gasteiger partial charge in [0, 0.05) is 10.5 Å². The first-order chi connectivity index (χ1) is 8.47. The molecule has 0 aliphatic carbocycles. The van der Waals surface area contributed by atoms with Crippen LogP contribution in [0, 0.1) is 9.39 Å². The van der Waals surface area contributed by atoms with Crippen LogP contribution in [-0.2, 0) is 9.53 Å². The van der Waals surface area contributed by atoms with E-state index in [1.165, 1.54) is 17.9 Å². The molecule has 1 aromatic carbocycles. The highest BCUT2D eigenvalue weighted by molar-refractivity contribution is 14.1. The zero-order valence-electron chi connectivity index (χ0n) is 9.44. The number of anilines is 1. The average molecular weight is 364 g/mol. The molecule has 1 N–H and O–H groups in total. The molecule has 2 amide bonds. The number of amides is 2. The summed E-state index contributed by atoms with van der Waals surface area (Å²) in [7, 11) is 0. The summed E-state index contributed by atoms with van der Waals surface area (Å²) in [6.45, 7) is 1.50. The van der Waals surface area contributed by atoms with Crippen LogP contribution in [-0.4, -0.2) is 24.8 Å². The van der Waals surface area contributed by atoms with Crippen molar-refractivity contribution in [3.63, 3.8) is 0 Å². The summed E-state index contributed by atoms with van der Waals surface area (Å²) in [4.78, 5) is 23.7. The van der Waals surface area contributed by atoms with E-state index in [2.05, 4.69) is 5.32 Å². The quantitative estimate of drug-likeness (QED) is 0.815. The number of carbonyl (C=O) groups excluding carboxylic acids is 2. The van der Waals surface area contributed by atoms with Crippen molar-refractivity contribution >= 4 is 40.3 Å². The molecule has 0 spiro atoms. The van der Waals surface area contributed by atoms with E-state index in [1.807, 2.05) is 22.6 Å². The largest absolute Gasteiger partial charge is 0.423 e. The third-order valence-electron chi connectivity index (χ3n) is 2.39. The van der Waals surface area contributed by atoms with Gasteiger partial charge in [-0.2, -0.15) is 0 Å². The minimum atomic E-state index is -0.697. The molecule has 1 aliphatic heterocycles. The van der Waals surface area contributed by atoms with E-state index >= 15 is 0 Å². The van der Waals surface area contributed by atoms with E-state index in [1.54, 1.807) is 12.1 Å². The summed E-state index contributed by atoms with van der Waals surface area (Å²) in [5.41, 5.74) is 0.408. The first kappa shape index (κ1) is 13.1. The lowest BCUT2D eigenvalue weighted by Gasteiger charge is -2.13. The molecule has 2 rings (SSSR count). The molecule has 1 atom stereocenters. The SMILES string of the molecule is CC(=O)NC1CN(c2ccc(I)c(F)c2)C(=O)O1. The Morgan fingerprint density at radius 1 is 1.61 bits per heavy atom. The standard InChI is InChI=1S/C11H10FIN2O3/c1-6(16)14-10-5-15(11(17)18-10)7-2-3-9(13)8(12)4-7/h2-4,10H,5H2,1H3,(H,14,16). The number of cyclic esters (lactones) is 1. The summed E-state index contributed by atoms with van der Waals surface area (Å²) in [5.74, 6) is -0.688. The molecule has 1 aliphatic rings. The van der Waals surface area contributed by atoms with Crippen LogP contribution in [0.2, 0.25) is 0 Å². The Labute approximate surface area is 116 Å². The van der Waals surface area contributed by atoms with Gasteiger partial charge in [-0.3, -0.25) is 9.69 Å². The maximum atomic E-state index is 13.4. The van der Waals surface area contributed by atoms with Crippen molar-refractivity contribution in [3.8, 4) is 0 Å². The normalized spacial score (nSPS) is 18.7. The van der Waals surface area contributed by atoms with Crippen LogP contribution < -0.4 is 10.2 Å². The number of benzene rings is 1. The van der Waals surface area contributed by atoms with Gasteiger partial charge in [-0.15, -0.1) is 0 Å². The molecule has 1 unspecified atom stereocenters. The molecule has 1 saturated heterocycles. The summed E-state index contributed by atoms with van der Waals surface area (Å²) < 4.78 is 18.8. The monoisotopic (exact) mass is 364 g/mol. The number of nitrogens with one attached hydrogen (secondary N) is 1. The van der Waals surface area contributed by atoms with Crippen LogP contribution >= 0.6 is 22.6 Å². The second-order valence-corrected chi connectivity index (χ2v) is 4.94. The van der Waals surface area contributed by atoms with E-state index in [-0.39, 0.29) is 12.5 Å². The molecule has 1 heterocycles. The minimum absolute atomic E-state index is 0.165. The zero-order chi connectivity index (χ0) is 13.3. The average Bonchev–Trinajstić information content (AvgIpc) is 2.62. The van der Waals surface area contributed by atoms with Gasteiger partial charge in [-0.25, -0.2) is 9.18 Å². The first-order valence-corrected chi connectivity index (χ1v) is 6.25. The number of rotatable bonds is 2. The molecule has 96 valence electrons. The van der Waals surface area contributed by atoms with Gasteiger partial charge in [-0.1, -0.05) is 0 Å². The second-order valence-electron chi connectivity index (χ2n) is 3.78. The Kier molecular flexibility index (Phi) is 3.69. The van der Waals surface area contributed by atoms with Crippen molar-refractivity contribution in [1.82, 2.24) is 5.32 Å². The molecule has 1 fully saturated rings. The van der Waals surface area contributed by atoms with Crippen LogP contribution in [0.3, 0.4) is 0 Å². The first-order valence-electron chi connectivity index (χ1n) is 5.17. The van der Waals surface area contributed by atoms with Crippen LogP contribution in [0.15, 0.2) is 18.2 Å². The minimum Gasteiger partial charge on any atom is -0.423 e. The topological polar surface area (TPSA) is 58.6 Å². The van der Waals surface area contributed by atoms with Gasteiger partial charge in [0.25, 0.3) is 0 Å². The molecular formula is C11H10FIN2O3. The van der Waals surface area contributed by atoms with E-state index in [4.69, 9.17) is 4.74 Å². The number of nitrogens with zero attached hydrogens (tertiary/aromatic N) is 1. The lowest BCUT2D eigenvalue weighted by Crippen LogP contribution is -2.36. The molecule has 7 heteroatoms. The van der Waals surface area contributed by atoms with Gasteiger partial charge in [0.2, 0.25) is 5.91 Å². The van der Waals surface area contributed by atoms with Crippen molar-refractivity contribution in [1.29, 1.82) is 0 Å². The molecule has 0 radical (unpaired) electrons. The molecule has 0 bridgehead atoms. The predicted octanol–water partition coefficient (Wildman–Crippen LogP) is 1.85. The van der Waals surface area contributed by atoms with Crippen molar-refractivity contribution < 1.29 is 18.7 Å². The number of hydrogen-bond acceptors (Lipinski definition) is 3. The van der Waals surface area contributed by atoms with E-state index in [9.17, 15) is 14.0 Å². The van der Waals surface area contributed by atoms with Crippen molar-refractivity contribution in [2.75, 3.05) is 11.4 Å². The molecule has 5 nitrogen and oxygen atoms in total. The molecular weight excluding hydrogens is 354 g/mol. The summed E-state index contributed by atoms with van der Waals surface area (Å²) in [6, 6.07) is 4.46. The molecule has 18 heavy (non-hydrogen) atoms. The third-order valence-corrected chi connectivity index (χ3v) is 3.27. The highest BCUT2D eigenvalue weighted by Gasteiger charge is 2.33. The molecule has 0 aromatic heterocycles. The summed E-state index contributed by atoms with van der Waals surface area (Å²) in [6.07, 6.45) is -1.30. The summed E-state index contributed by atoms with van der Waals surface area (Å²) in [5, 5.41) is 2.48. The number of halogens is 2. The third kappa shape index (κ3) is 2.71. The Morgan fingerprint density at radius 3 is 2.94 bits per heavy atom. The molecule has 0 saturated carbocycles. The Hall–Kier alpha value is -1.38. The van der Waals surface area contributed by atoms with Gasteiger partial charge >= 0.3 is 6.09 Å². The highest BCUT2D eigenvalue weighted by Crippen LogP contribution is 2.23.